The normalized spacial score (nSPS) is 37.1. The monoisotopic (exact) mass is 301 g/mol. The van der Waals surface area contributed by atoms with E-state index in [2.05, 4.69) is 0 Å². The maximum atomic E-state index is 13.2. The summed E-state index contributed by atoms with van der Waals surface area (Å²) in [5.41, 5.74) is 0. The van der Waals surface area contributed by atoms with E-state index in [1.54, 1.807) is 0 Å². The molecule has 0 spiro atoms. The fraction of sp³-hybridized carbons (Fsp3) is 0.938. The molecule has 0 aromatic rings. The second kappa shape index (κ2) is 5.82. The first-order valence-electron chi connectivity index (χ1n) is 8.34. The van der Waals surface area contributed by atoms with Crippen molar-refractivity contribution >= 4 is 5.91 Å². The van der Waals surface area contributed by atoms with Crippen molar-refractivity contribution in [3.05, 3.63) is 0 Å². The largest absolute Gasteiger partial charge is 0.393 e. The predicted octanol–water partition coefficient (Wildman–Crippen LogP) is 2.96. The minimum atomic E-state index is -2.58. The van der Waals surface area contributed by atoms with Crippen molar-refractivity contribution < 1.29 is 18.7 Å². The highest BCUT2D eigenvalue weighted by atomic mass is 19.3. The van der Waals surface area contributed by atoms with Crippen LogP contribution in [0.25, 0.3) is 0 Å². The van der Waals surface area contributed by atoms with Gasteiger partial charge in [-0.2, -0.15) is 0 Å². The molecule has 1 aliphatic heterocycles. The number of alkyl halides is 2. The number of aliphatic hydroxyl groups is 1. The zero-order valence-corrected chi connectivity index (χ0v) is 12.4. The highest BCUT2D eigenvalue weighted by Crippen LogP contribution is 2.40. The highest BCUT2D eigenvalue weighted by molar-refractivity contribution is 5.79. The Morgan fingerprint density at radius 2 is 1.76 bits per heavy atom. The first-order valence-corrected chi connectivity index (χ1v) is 8.34. The van der Waals surface area contributed by atoms with Gasteiger partial charge in [-0.1, -0.05) is 6.42 Å². The van der Waals surface area contributed by atoms with Crippen LogP contribution in [-0.4, -0.2) is 40.5 Å². The van der Waals surface area contributed by atoms with E-state index in [9.17, 15) is 18.7 Å². The first kappa shape index (κ1) is 15.2. The fourth-order valence-corrected chi connectivity index (χ4v) is 4.45. The van der Waals surface area contributed by atoms with Crippen molar-refractivity contribution in [2.45, 2.75) is 75.9 Å². The Morgan fingerprint density at radius 1 is 1.05 bits per heavy atom. The second-order valence-electron chi connectivity index (χ2n) is 7.03. The molecule has 1 amide bonds. The third kappa shape index (κ3) is 3.08. The minimum absolute atomic E-state index is 0.0621. The van der Waals surface area contributed by atoms with Crippen LogP contribution in [0.15, 0.2) is 0 Å². The molecule has 120 valence electrons. The number of carbonyl (C=O) groups excluding carboxylic acids is 1. The van der Waals surface area contributed by atoms with E-state index in [1.807, 2.05) is 4.90 Å². The summed E-state index contributed by atoms with van der Waals surface area (Å²) in [7, 11) is 0. The van der Waals surface area contributed by atoms with Gasteiger partial charge in [-0.3, -0.25) is 4.79 Å². The van der Waals surface area contributed by atoms with Crippen molar-refractivity contribution in [1.82, 2.24) is 4.90 Å². The summed E-state index contributed by atoms with van der Waals surface area (Å²) < 4.78 is 26.5. The second-order valence-corrected chi connectivity index (χ2v) is 7.03. The predicted molar refractivity (Wildman–Crippen MR) is 75.0 cm³/mol. The molecule has 1 N–H and O–H groups in total. The van der Waals surface area contributed by atoms with Crippen LogP contribution >= 0.6 is 0 Å². The summed E-state index contributed by atoms with van der Waals surface area (Å²) in [5.74, 6) is -2.56. The van der Waals surface area contributed by atoms with Gasteiger partial charge in [0.05, 0.1) is 6.10 Å². The standard InChI is InChI=1S/C16H25F2NO2/c17-16(18)8-6-11(7-9-16)15(21)19-10-2-4-13(19)12-3-1-5-14(12)20/h11-14,20H,1-10H2. The van der Waals surface area contributed by atoms with Crippen molar-refractivity contribution in [3.63, 3.8) is 0 Å². The lowest BCUT2D eigenvalue weighted by atomic mass is 9.85. The number of rotatable bonds is 2. The fourth-order valence-electron chi connectivity index (χ4n) is 4.45. The molecule has 3 atom stereocenters. The van der Waals surface area contributed by atoms with Gasteiger partial charge in [-0.15, -0.1) is 0 Å². The van der Waals surface area contributed by atoms with E-state index >= 15 is 0 Å². The molecule has 3 rings (SSSR count). The van der Waals surface area contributed by atoms with E-state index in [0.717, 1.165) is 38.6 Å². The molecule has 3 nitrogen and oxygen atoms in total. The van der Waals surface area contributed by atoms with E-state index in [1.165, 1.54) is 0 Å². The Balaban J connectivity index is 1.63. The van der Waals surface area contributed by atoms with Crippen molar-refractivity contribution in [1.29, 1.82) is 0 Å². The Kier molecular flexibility index (Phi) is 4.21. The van der Waals surface area contributed by atoms with E-state index < -0.39 is 5.92 Å². The number of hydrogen-bond acceptors (Lipinski definition) is 2. The van der Waals surface area contributed by atoms with E-state index in [-0.39, 0.29) is 42.7 Å². The summed E-state index contributed by atoms with van der Waals surface area (Å²) in [6.07, 6.45) is 4.78. The third-order valence-electron chi connectivity index (χ3n) is 5.67. The molecule has 2 saturated carbocycles. The smallest absolute Gasteiger partial charge is 0.248 e. The van der Waals surface area contributed by atoms with Gasteiger partial charge < -0.3 is 10.0 Å². The van der Waals surface area contributed by atoms with Crippen LogP contribution in [0.1, 0.15) is 57.8 Å². The molecule has 21 heavy (non-hydrogen) atoms. The quantitative estimate of drug-likeness (QED) is 0.852. The van der Waals surface area contributed by atoms with Crippen molar-refractivity contribution in [2.75, 3.05) is 6.54 Å². The van der Waals surface area contributed by atoms with Crippen molar-refractivity contribution in [2.24, 2.45) is 11.8 Å². The minimum Gasteiger partial charge on any atom is -0.393 e. The number of aliphatic hydroxyl groups excluding tert-OH is 1. The molecule has 0 aromatic heterocycles. The molecule has 0 aromatic carbocycles. The number of carbonyl (C=O) groups is 1. The van der Waals surface area contributed by atoms with Gasteiger partial charge in [0.1, 0.15) is 0 Å². The maximum Gasteiger partial charge on any atom is 0.248 e. The first-order chi connectivity index (χ1) is 9.98. The Hall–Kier alpha value is -0.710. The lowest BCUT2D eigenvalue weighted by Gasteiger charge is -2.35. The van der Waals surface area contributed by atoms with Gasteiger partial charge in [0.15, 0.2) is 0 Å². The summed E-state index contributed by atoms with van der Waals surface area (Å²) in [6.45, 7) is 0.736. The molecular formula is C16H25F2NO2. The zero-order valence-electron chi connectivity index (χ0n) is 12.4. The Labute approximate surface area is 124 Å². The molecule has 0 radical (unpaired) electrons. The zero-order chi connectivity index (χ0) is 15.0. The topological polar surface area (TPSA) is 40.5 Å². The molecular weight excluding hydrogens is 276 g/mol. The molecule has 3 aliphatic rings. The molecule has 1 saturated heterocycles. The van der Waals surface area contributed by atoms with Gasteiger partial charge in [0.2, 0.25) is 11.8 Å². The highest BCUT2D eigenvalue weighted by Gasteiger charge is 2.44. The molecule has 3 unspecified atom stereocenters. The Bertz CT molecular complexity index is 392. The molecule has 0 bridgehead atoms. The number of hydrogen-bond donors (Lipinski definition) is 1. The lowest BCUT2D eigenvalue weighted by molar-refractivity contribution is -0.142. The van der Waals surface area contributed by atoms with Crippen LogP contribution in [-0.2, 0) is 4.79 Å². The van der Waals surface area contributed by atoms with E-state index in [0.29, 0.717) is 12.8 Å². The van der Waals surface area contributed by atoms with Crippen LogP contribution in [0, 0.1) is 11.8 Å². The van der Waals surface area contributed by atoms with Crippen LogP contribution in [0.3, 0.4) is 0 Å². The van der Waals surface area contributed by atoms with Crippen molar-refractivity contribution in [3.8, 4) is 0 Å². The average Bonchev–Trinajstić information content (AvgIpc) is 3.06. The van der Waals surface area contributed by atoms with Gasteiger partial charge in [0, 0.05) is 37.3 Å². The molecule has 1 heterocycles. The van der Waals surface area contributed by atoms with Gasteiger partial charge >= 0.3 is 0 Å². The average molecular weight is 301 g/mol. The SMILES string of the molecule is O=C(C1CCC(F)(F)CC1)N1CCCC1C1CCCC1O. The van der Waals surface area contributed by atoms with Gasteiger partial charge in [0.25, 0.3) is 0 Å². The number of nitrogens with zero attached hydrogens (tertiary/aromatic N) is 1. The van der Waals surface area contributed by atoms with Crippen LogP contribution < -0.4 is 0 Å². The Morgan fingerprint density at radius 3 is 2.38 bits per heavy atom. The number of amides is 1. The van der Waals surface area contributed by atoms with E-state index in [4.69, 9.17) is 0 Å². The molecule has 2 aliphatic carbocycles. The van der Waals surface area contributed by atoms with Crippen LogP contribution in [0.5, 0.6) is 0 Å². The molecule has 5 heteroatoms. The summed E-state index contributed by atoms with van der Waals surface area (Å²) in [5, 5.41) is 10.1. The summed E-state index contributed by atoms with van der Waals surface area (Å²) in [4.78, 5) is 14.6. The summed E-state index contributed by atoms with van der Waals surface area (Å²) in [6, 6.07) is 0.137. The van der Waals surface area contributed by atoms with Gasteiger partial charge in [-0.05, 0) is 38.5 Å². The third-order valence-corrected chi connectivity index (χ3v) is 5.67. The van der Waals surface area contributed by atoms with Gasteiger partial charge in [-0.25, -0.2) is 8.78 Å². The summed E-state index contributed by atoms with van der Waals surface area (Å²) >= 11 is 0. The maximum absolute atomic E-state index is 13.2. The van der Waals surface area contributed by atoms with Crippen LogP contribution in [0.4, 0.5) is 8.78 Å². The van der Waals surface area contributed by atoms with Crippen LogP contribution in [0.2, 0.25) is 0 Å². The number of halogens is 2. The number of likely N-dealkylation sites (tertiary alicyclic amines) is 1. The molecule has 3 fully saturated rings. The lowest BCUT2D eigenvalue weighted by Crippen LogP contribution is -2.46.